The van der Waals surface area contributed by atoms with Crippen LogP contribution in [0.5, 0.6) is 5.75 Å². The first-order chi connectivity index (χ1) is 6.65. The monoisotopic (exact) mass is 216 g/mol. The van der Waals surface area contributed by atoms with Crippen molar-refractivity contribution in [1.82, 2.24) is 0 Å². The van der Waals surface area contributed by atoms with E-state index in [1.165, 1.54) is 18.2 Å². The van der Waals surface area contributed by atoms with Gasteiger partial charge in [0.25, 0.3) is 0 Å². The lowest BCUT2D eigenvalue weighted by Crippen LogP contribution is -2.37. The van der Waals surface area contributed by atoms with Gasteiger partial charge in [-0.3, -0.25) is 0 Å². The van der Waals surface area contributed by atoms with Gasteiger partial charge in [0.1, 0.15) is 17.7 Å². The Morgan fingerprint density at radius 2 is 2.14 bits per heavy atom. The highest BCUT2D eigenvalue weighted by Crippen LogP contribution is 2.28. The molecule has 2 nitrogen and oxygen atoms in total. The number of ether oxygens (including phenoxy) is 1. The number of hydrogen-bond donors (Lipinski definition) is 1. The molecule has 0 aromatic heterocycles. The molecule has 0 saturated heterocycles. The molecule has 0 atom stereocenters. The van der Waals surface area contributed by atoms with E-state index >= 15 is 0 Å². The Labute approximate surface area is 86.3 Å². The first kappa shape index (κ1) is 9.74. The SMILES string of the molecule is OC1CC(Oc2ccc(F)c(Cl)c2)C1. The maximum atomic E-state index is 12.8. The zero-order valence-electron chi connectivity index (χ0n) is 7.41. The first-order valence-electron chi connectivity index (χ1n) is 4.45. The molecule has 14 heavy (non-hydrogen) atoms. The van der Waals surface area contributed by atoms with Crippen LogP contribution in [0.3, 0.4) is 0 Å². The average Bonchev–Trinajstić information content (AvgIpc) is 2.09. The molecule has 0 unspecified atom stereocenters. The number of benzene rings is 1. The number of hydrogen-bond acceptors (Lipinski definition) is 2. The maximum Gasteiger partial charge on any atom is 0.142 e. The number of aliphatic hydroxyl groups excluding tert-OH is 1. The molecule has 0 bridgehead atoms. The zero-order valence-corrected chi connectivity index (χ0v) is 8.17. The second-order valence-corrected chi connectivity index (χ2v) is 3.85. The first-order valence-corrected chi connectivity index (χ1v) is 4.82. The van der Waals surface area contributed by atoms with E-state index in [1.807, 2.05) is 0 Å². The normalized spacial score (nSPS) is 25.6. The van der Waals surface area contributed by atoms with Gasteiger partial charge < -0.3 is 9.84 Å². The third kappa shape index (κ3) is 1.99. The Balaban J connectivity index is 2.00. The smallest absolute Gasteiger partial charge is 0.142 e. The van der Waals surface area contributed by atoms with E-state index in [0.717, 1.165) is 0 Å². The second-order valence-electron chi connectivity index (χ2n) is 3.44. The summed E-state index contributed by atoms with van der Waals surface area (Å²) in [6, 6.07) is 4.25. The third-order valence-electron chi connectivity index (χ3n) is 2.26. The van der Waals surface area contributed by atoms with E-state index in [1.54, 1.807) is 0 Å². The molecule has 0 aliphatic heterocycles. The van der Waals surface area contributed by atoms with Gasteiger partial charge in [-0.2, -0.15) is 0 Å². The fraction of sp³-hybridized carbons (Fsp3) is 0.400. The predicted octanol–water partition coefficient (Wildman–Crippen LogP) is 2.38. The van der Waals surface area contributed by atoms with Crippen LogP contribution in [0.25, 0.3) is 0 Å². The van der Waals surface area contributed by atoms with Crippen molar-refractivity contribution in [3.63, 3.8) is 0 Å². The van der Waals surface area contributed by atoms with Crippen LogP contribution in [0.4, 0.5) is 4.39 Å². The van der Waals surface area contributed by atoms with Crippen LogP contribution in [0.1, 0.15) is 12.8 Å². The predicted molar refractivity (Wildman–Crippen MR) is 51.1 cm³/mol. The van der Waals surface area contributed by atoms with Gasteiger partial charge in [0.2, 0.25) is 0 Å². The van der Waals surface area contributed by atoms with Crippen LogP contribution in [-0.2, 0) is 0 Å². The highest BCUT2D eigenvalue weighted by Gasteiger charge is 2.28. The number of aliphatic hydroxyl groups is 1. The molecule has 76 valence electrons. The van der Waals surface area contributed by atoms with E-state index in [9.17, 15) is 4.39 Å². The lowest BCUT2D eigenvalue weighted by molar-refractivity contribution is -0.0108. The minimum absolute atomic E-state index is 0.0338. The molecule has 0 heterocycles. The van der Waals surface area contributed by atoms with E-state index in [2.05, 4.69) is 0 Å². The van der Waals surface area contributed by atoms with Gasteiger partial charge in [0, 0.05) is 18.9 Å². The van der Waals surface area contributed by atoms with Gasteiger partial charge in [-0.25, -0.2) is 4.39 Å². The van der Waals surface area contributed by atoms with E-state index in [0.29, 0.717) is 18.6 Å². The Kier molecular flexibility index (Phi) is 2.61. The van der Waals surface area contributed by atoms with Crippen LogP contribution in [0.15, 0.2) is 18.2 Å². The van der Waals surface area contributed by atoms with Gasteiger partial charge in [0.15, 0.2) is 0 Å². The fourth-order valence-electron chi connectivity index (χ4n) is 1.38. The molecule has 0 amide bonds. The second kappa shape index (κ2) is 3.75. The number of rotatable bonds is 2. The molecule has 1 aliphatic carbocycles. The topological polar surface area (TPSA) is 29.5 Å². The van der Waals surface area contributed by atoms with Crippen LogP contribution in [0.2, 0.25) is 5.02 Å². The molecule has 1 aromatic carbocycles. The van der Waals surface area contributed by atoms with Crippen LogP contribution < -0.4 is 4.74 Å². The Hall–Kier alpha value is -0.800. The summed E-state index contributed by atoms with van der Waals surface area (Å²) >= 11 is 5.58. The van der Waals surface area contributed by atoms with Crippen molar-refractivity contribution in [1.29, 1.82) is 0 Å². The van der Waals surface area contributed by atoms with E-state index in [4.69, 9.17) is 21.4 Å². The third-order valence-corrected chi connectivity index (χ3v) is 2.55. The molecule has 1 fully saturated rings. The summed E-state index contributed by atoms with van der Waals surface area (Å²) in [5.74, 6) is 0.0981. The minimum Gasteiger partial charge on any atom is -0.490 e. The van der Waals surface area contributed by atoms with Crippen molar-refractivity contribution in [2.75, 3.05) is 0 Å². The maximum absolute atomic E-state index is 12.8. The van der Waals surface area contributed by atoms with Crippen LogP contribution >= 0.6 is 11.6 Å². The standard InChI is InChI=1S/C10H10ClFO2/c11-9-5-7(1-2-10(9)12)14-8-3-6(13)4-8/h1-2,5-6,8,13H,3-4H2. The summed E-state index contributed by atoms with van der Waals surface area (Å²) in [6.45, 7) is 0. The highest BCUT2D eigenvalue weighted by atomic mass is 35.5. The van der Waals surface area contributed by atoms with Crippen molar-refractivity contribution in [3.8, 4) is 5.75 Å². The Bertz CT molecular complexity index is 337. The Morgan fingerprint density at radius 1 is 1.43 bits per heavy atom. The average molecular weight is 217 g/mol. The van der Waals surface area contributed by atoms with Crippen LogP contribution in [-0.4, -0.2) is 17.3 Å². The summed E-state index contributed by atoms with van der Waals surface area (Å²) in [7, 11) is 0. The largest absolute Gasteiger partial charge is 0.490 e. The molecule has 1 aliphatic rings. The summed E-state index contributed by atoms with van der Waals surface area (Å²) in [6.07, 6.45) is 1.05. The van der Waals surface area contributed by atoms with Crippen molar-refractivity contribution in [2.45, 2.75) is 25.0 Å². The highest BCUT2D eigenvalue weighted by molar-refractivity contribution is 6.30. The lowest BCUT2D eigenvalue weighted by atomic mass is 9.92. The molecule has 0 spiro atoms. The van der Waals surface area contributed by atoms with Gasteiger partial charge in [-0.05, 0) is 12.1 Å². The van der Waals surface area contributed by atoms with Crippen molar-refractivity contribution in [3.05, 3.63) is 29.0 Å². The molecular formula is C10H10ClFO2. The van der Waals surface area contributed by atoms with Gasteiger partial charge in [0.05, 0.1) is 11.1 Å². The van der Waals surface area contributed by atoms with Gasteiger partial charge in [-0.15, -0.1) is 0 Å². The molecule has 1 N–H and O–H groups in total. The molecule has 2 rings (SSSR count). The molecule has 4 heteroatoms. The zero-order chi connectivity index (χ0) is 10.1. The minimum atomic E-state index is -0.451. The summed E-state index contributed by atoms with van der Waals surface area (Å²) in [5.41, 5.74) is 0. The van der Waals surface area contributed by atoms with Crippen molar-refractivity contribution >= 4 is 11.6 Å². The van der Waals surface area contributed by atoms with Gasteiger partial charge in [-0.1, -0.05) is 11.6 Å². The van der Waals surface area contributed by atoms with Crippen molar-refractivity contribution in [2.24, 2.45) is 0 Å². The quantitative estimate of drug-likeness (QED) is 0.823. The lowest BCUT2D eigenvalue weighted by Gasteiger charge is -2.31. The van der Waals surface area contributed by atoms with E-state index < -0.39 is 5.82 Å². The Morgan fingerprint density at radius 3 is 2.71 bits per heavy atom. The molecule has 0 radical (unpaired) electrons. The molecule has 1 aromatic rings. The summed E-state index contributed by atoms with van der Waals surface area (Å²) in [4.78, 5) is 0. The van der Waals surface area contributed by atoms with Crippen molar-refractivity contribution < 1.29 is 14.2 Å². The summed E-state index contributed by atoms with van der Waals surface area (Å²) in [5, 5.41) is 9.09. The fourth-order valence-corrected chi connectivity index (χ4v) is 1.55. The summed E-state index contributed by atoms with van der Waals surface area (Å²) < 4.78 is 18.2. The van der Waals surface area contributed by atoms with Crippen LogP contribution in [0, 0.1) is 5.82 Å². The molecule has 1 saturated carbocycles. The van der Waals surface area contributed by atoms with E-state index in [-0.39, 0.29) is 17.2 Å². The van der Waals surface area contributed by atoms with Gasteiger partial charge >= 0.3 is 0 Å². The molecular weight excluding hydrogens is 207 g/mol. The number of halogens is 2.